The molecule has 0 aliphatic heterocycles. The molecule has 5 heteroatoms. The summed E-state index contributed by atoms with van der Waals surface area (Å²) in [7, 11) is 0. The van der Waals surface area contributed by atoms with Crippen molar-refractivity contribution in [2.75, 3.05) is 0 Å². The SMILES string of the molecule is CC[C@](NC(=O)Cc1cccs1)(C(N)=O)C(C)C. The quantitative estimate of drug-likeness (QED) is 0.824. The summed E-state index contributed by atoms with van der Waals surface area (Å²) in [4.78, 5) is 24.6. The minimum Gasteiger partial charge on any atom is -0.368 e. The minimum atomic E-state index is -0.950. The fourth-order valence-electron chi connectivity index (χ4n) is 2.03. The van der Waals surface area contributed by atoms with Crippen LogP contribution in [0.1, 0.15) is 32.1 Å². The summed E-state index contributed by atoms with van der Waals surface area (Å²) < 4.78 is 0. The average Bonchev–Trinajstić information content (AvgIpc) is 2.77. The summed E-state index contributed by atoms with van der Waals surface area (Å²) in [6.07, 6.45) is 0.787. The zero-order valence-electron chi connectivity index (χ0n) is 11.0. The third-order valence-corrected chi connectivity index (χ3v) is 4.14. The Morgan fingerprint density at radius 3 is 2.56 bits per heavy atom. The topological polar surface area (TPSA) is 72.2 Å². The lowest BCUT2D eigenvalue weighted by Gasteiger charge is -2.34. The number of amides is 2. The lowest BCUT2D eigenvalue weighted by molar-refractivity contribution is -0.133. The number of nitrogens with two attached hydrogens (primary N) is 1. The Kier molecular flexibility index (Phi) is 4.90. The van der Waals surface area contributed by atoms with Crippen LogP contribution in [0.25, 0.3) is 0 Å². The first-order chi connectivity index (χ1) is 8.42. The first-order valence-corrected chi connectivity index (χ1v) is 6.93. The van der Waals surface area contributed by atoms with Crippen molar-refractivity contribution in [3.63, 3.8) is 0 Å². The highest BCUT2D eigenvalue weighted by molar-refractivity contribution is 7.10. The predicted molar refractivity (Wildman–Crippen MR) is 73.2 cm³/mol. The van der Waals surface area contributed by atoms with E-state index in [4.69, 9.17) is 5.73 Å². The Labute approximate surface area is 112 Å². The smallest absolute Gasteiger partial charge is 0.243 e. The second-order valence-electron chi connectivity index (χ2n) is 4.65. The monoisotopic (exact) mass is 268 g/mol. The van der Waals surface area contributed by atoms with E-state index in [1.807, 2.05) is 38.3 Å². The van der Waals surface area contributed by atoms with Gasteiger partial charge in [-0.15, -0.1) is 11.3 Å². The molecule has 0 aliphatic rings. The van der Waals surface area contributed by atoms with Gasteiger partial charge in [0.1, 0.15) is 5.54 Å². The highest BCUT2D eigenvalue weighted by Crippen LogP contribution is 2.21. The largest absolute Gasteiger partial charge is 0.368 e. The van der Waals surface area contributed by atoms with Crippen LogP contribution in [0.3, 0.4) is 0 Å². The molecule has 1 aromatic rings. The Morgan fingerprint density at radius 1 is 1.50 bits per heavy atom. The first kappa shape index (κ1) is 14.7. The molecule has 4 nitrogen and oxygen atoms in total. The second kappa shape index (κ2) is 6.00. The van der Waals surface area contributed by atoms with Crippen LogP contribution in [0, 0.1) is 5.92 Å². The molecule has 0 aliphatic carbocycles. The van der Waals surface area contributed by atoms with Crippen LogP contribution in [0.2, 0.25) is 0 Å². The lowest BCUT2D eigenvalue weighted by atomic mass is 9.83. The van der Waals surface area contributed by atoms with Crippen molar-refractivity contribution >= 4 is 23.2 Å². The van der Waals surface area contributed by atoms with Gasteiger partial charge in [-0.3, -0.25) is 9.59 Å². The highest BCUT2D eigenvalue weighted by Gasteiger charge is 2.39. The first-order valence-electron chi connectivity index (χ1n) is 6.05. The van der Waals surface area contributed by atoms with Crippen molar-refractivity contribution < 1.29 is 9.59 Å². The molecule has 100 valence electrons. The molecule has 0 radical (unpaired) electrons. The molecule has 0 spiro atoms. The zero-order chi connectivity index (χ0) is 13.8. The van der Waals surface area contributed by atoms with Crippen molar-refractivity contribution in [2.45, 2.75) is 39.2 Å². The summed E-state index contributed by atoms with van der Waals surface area (Å²) in [5.41, 5.74) is 4.50. The van der Waals surface area contributed by atoms with Crippen LogP contribution in [-0.4, -0.2) is 17.4 Å². The predicted octanol–water partition coefficient (Wildman–Crippen LogP) is 1.70. The van der Waals surface area contributed by atoms with Gasteiger partial charge in [-0.1, -0.05) is 26.8 Å². The second-order valence-corrected chi connectivity index (χ2v) is 5.68. The van der Waals surface area contributed by atoms with Crippen molar-refractivity contribution in [3.8, 4) is 0 Å². The van der Waals surface area contributed by atoms with Crippen molar-refractivity contribution in [2.24, 2.45) is 11.7 Å². The van der Waals surface area contributed by atoms with E-state index in [-0.39, 0.29) is 11.8 Å². The van der Waals surface area contributed by atoms with Gasteiger partial charge in [0.2, 0.25) is 11.8 Å². The van der Waals surface area contributed by atoms with E-state index in [1.54, 1.807) is 0 Å². The normalized spacial score (nSPS) is 14.2. The number of carbonyl (C=O) groups excluding carboxylic acids is 2. The molecule has 0 fully saturated rings. The Bertz CT molecular complexity index is 415. The van der Waals surface area contributed by atoms with Crippen molar-refractivity contribution in [1.82, 2.24) is 5.32 Å². The standard InChI is InChI=1S/C13H20N2O2S/c1-4-13(9(2)3,12(14)17)15-11(16)8-10-6-5-7-18-10/h5-7,9H,4,8H2,1-3H3,(H2,14,17)(H,15,16)/t13-/m1/s1. The number of rotatable bonds is 6. The number of primary amides is 1. The summed E-state index contributed by atoms with van der Waals surface area (Å²) in [6.45, 7) is 5.63. The van der Waals surface area contributed by atoms with Crippen LogP contribution in [0.4, 0.5) is 0 Å². The number of thiophene rings is 1. The van der Waals surface area contributed by atoms with Gasteiger partial charge >= 0.3 is 0 Å². The number of hydrogen-bond donors (Lipinski definition) is 2. The lowest BCUT2D eigenvalue weighted by Crippen LogP contribution is -2.60. The van der Waals surface area contributed by atoms with Gasteiger partial charge in [0.15, 0.2) is 0 Å². The zero-order valence-corrected chi connectivity index (χ0v) is 11.8. The fourth-order valence-corrected chi connectivity index (χ4v) is 2.73. The maximum absolute atomic E-state index is 12.0. The highest BCUT2D eigenvalue weighted by atomic mass is 32.1. The molecule has 0 unspecified atom stereocenters. The number of nitrogens with one attached hydrogen (secondary N) is 1. The van der Waals surface area contributed by atoms with E-state index >= 15 is 0 Å². The summed E-state index contributed by atoms with van der Waals surface area (Å²) in [5.74, 6) is -0.668. The third kappa shape index (κ3) is 3.10. The summed E-state index contributed by atoms with van der Waals surface area (Å²) in [5, 5.41) is 4.73. The van der Waals surface area contributed by atoms with Crippen molar-refractivity contribution in [3.05, 3.63) is 22.4 Å². The molecule has 0 aromatic carbocycles. The Hall–Kier alpha value is -1.36. The Morgan fingerprint density at radius 2 is 2.17 bits per heavy atom. The molecule has 0 saturated heterocycles. The molecule has 3 N–H and O–H groups in total. The maximum atomic E-state index is 12.0. The van der Waals surface area contributed by atoms with E-state index in [1.165, 1.54) is 11.3 Å². The van der Waals surface area contributed by atoms with Gasteiger partial charge < -0.3 is 11.1 Å². The summed E-state index contributed by atoms with van der Waals surface area (Å²) >= 11 is 1.52. The number of hydrogen-bond acceptors (Lipinski definition) is 3. The van der Waals surface area contributed by atoms with Gasteiger partial charge in [-0.2, -0.15) is 0 Å². The number of carbonyl (C=O) groups is 2. The molecule has 1 rings (SSSR count). The fraction of sp³-hybridized carbons (Fsp3) is 0.538. The van der Waals surface area contributed by atoms with Crippen LogP contribution in [0.5, 0.6) is 0 Å². The third-order valence-electron chi connectivity index (χ3n) is 3.26. The molecule has 1 atom stereocenters. The van der Waals surface area contributed by atoms with Gasteiger partial charge in [-0.25, -0.2) is 0 Å². The molecule has 1 aromatic heterocycles. The van der Waals surface area contributed by atoms with Crippen LogP contribution >= 0.6 is 11.3 Å². The van der Waals surface area contributed by atoms with E-state index in [2.05, 4.69) is 5.32 Å². The minimum absolute atomic E-state index is 0.0349. The van der Waals surface area contributed by atoms with Gasteiger partial charge in [0.25, 0.3) is 0 Å². The van der Waals surface area contributed by atoms with Crippen LogP contribution in [0.15, 0.2) is 17.5 Å². The van der Waals surface area contributed by atoms with Crippen molar-refractivity contribution in [1.29, 1.82) is 0 Å². The average molecular weight is 268 g/mol. The van der Waals surface area contributed by atoms with Gasteiger partial charge in [-0.05, 0) is 23.8 Å². The molecule has 0 saturated carbocycles. The van der Waals surface area contributed by atoms with Crippen LogP contribution in [-0.2, 0) is 16.0 Å². The van der Waals surface area contributed by atoms with E-state index in [9.17, 15) is 9.59 Å². The molecule has 18 heavy (non-hydrogen) atoms. The molecular weight excluding hydrogens is 248 g/mol. The maximum Gasteiger partial charge on any atom is 0.243 e. The van der Waals surface area contributed by atoms with E-state index in [0.29, 0.717) is 12.8 Å². The van der Waals surface area contributed by atoms with Gasteiger partial charge in [0.05, 0.1) is 6.42 Å². The molecule has 2 amide bonds. The Balaban J connectivity index is 2.78. The van der Waals surface area contributed by atoms with Crippen LogP contribution < -0.4 is 11.1 Å². The summed E-state index contributed by atoms with van der Waals surface area (Å²) in [6, 6.07) is 3.80. The molecular formula is C13H20N2O2S. The van der Waals surface area contributed by atoms with Gasteiger partial charge in [0, 0.05) is 4.88 Å². The molecule has 0 bridgehead atoms. The van der Waals surface area contributed by atoms with E-state index < -0.39 is 11.4 Å². The molecule has 1 heterocycles. The van der Waals surface area contributed by atoms with E-state index in [0.717, 1.165) is 4.88 Å².